The van der Waals surface area contributed by atoms with Gasteiger partial charge in [0, 0.05) is 19.8 Å². The van der Waals surface area contributed by atoms with Crippen molar-refractivity contribution in [2.45, 2.75) is 0 Å². The van der Waals surface area contributed by atoms with E-state index in [9.17, 15) is 4.79 Å². The topological polar surface area (TPSA) is 20.3 Å². The fraction of sp³-hybridized carbons (Fsp3) is 0.0952. The lowest BCUT2D eigenvalue weighted by Gasteiger charge is -2.13. The molecule has 0 heterocycles. The van der Waals surface area contributed by atoms with Gasteiger partial charge in [0.05, 0.1) is 0 Å². The van der Waals surface area contributed by atoms with Crippen molar-refractivity contribution in [3.05, 3.63) is 84.5 Å². The molecule has 0 bridgehead atoms. The molecule has 0 aromatic heterocycles. The third-order valence-electron chi connectivity index (χ3n) is 3.40. The standard InChI is InChI=1S/C21H21NO/c1-22(2)21-14-13-19-16-18(11-12-20(19)17-21)10-8-6-4-3-5-7-9-15-23/h3-17H,1-2H3/b5-3+,6-4+,9-7+,10-8+. The predicted molar refractivity (Wildman–Crippen MR) is 101 cm³/mol. The number of carbonyl (C=O) groups is 1. The van der Waals surface area contributed by atoms with Gasteiger partial charge < -0.3 is 4.90 Å². The molecule has 0 saturated heterocycles. The van der Waals surface area contributed by atoms with Crippen LogP contribution in [0.3, 0.4) is 0 Å². The Morgan fingerprint density at radius 2 is 1.35 bits per heavy atom. The molecule has 0 unspecified atom stereocenters. The van der Waals surface area contributed by atoms with Crippen molar-refractivity contribution < 1.29 is 4.79 Å². The van der Waals surface area contributed by atoms with Crippen LogP contribution in [-0.2, 0) is 4.79 Å². The third-order valence-corrected chi connectivity index (χ3v) is 3.40. The van der Waals surface area contributed by atoms with E-state index in [-0.39, 0.29) is 0 Å². The van der Waals surface area contributed by atoms with Gasteiger partial charge in [0.25, 0.3) is 0 Å². The fourth-order valence-electron chi connectivity index (χ4n) is 2.17. The second kappa shape index (κ2) is 8.54. The van der Waals surface area contributed by atoms with Crippen molar-refractivity contribution in [1.29, 1.82) is 0 Å². The van der Waals surface area contributed by atoms with E-state index in [4.69, 9.17) is 0 Å². The van der Waals surface area contributed by atoms with E-state index in [1.807, 2.05) is 44.5 Å². The summed E-state index contributed by atoms with van der Waals surface area (Å²) in [6, 6.07) is 12.9. The van der Waals surface area contributed by atoms with E-state index in [1.165, 1.54) is 28.1 Å². The largest absolute Gasteiger partial charge is 0.378 e. The first-order valence-corrected chi connectivity index (χ1v) is 7.54. The Morgan fingerprint density at radius 1 is 0.739 bits per heavy atom. The molecule has 2 nitrogen and oxygen atoms in total. The van der Waals surface area contributed by atoms with Crippen LogP contribution in [0.1, 0.15) is 5.56 Å². The molecule has 0 saturated carbocycles. The monoisotopic (exact) mass is 303 g/mol. The average molecular weight is 303 g/mol. The first kappa shape index (κ1) is 16.5. The van der Waals surface area contributed by atoms with Gasteiger partial charge in [-0.2, -0.15) is 0 Å². The quantitative estimate of drug-likeness (QED) is 0.434. The lowest BCUT2D eigenvalue weighted by Crippen LogP contribution is -2.07. The van der Waals surface area contributed by atoms with Crippen LogP contribution >= 0.6 is 0 Å². The lowest BCUT2D eigenvalue weighted by atomic mass is 10.1. The zero-order valence-corrected chi connectivity index (χ0v) is 13.5. The molecule has 2 heteroatoms. The lowest BCUT2D eigenvalue weighted by molar-refractivity contribution is -0.104. The van der Waals surface area contributed by atoms with E-state index in [0.29, 0.717) is 0 Å². The molecule has 0 aliphatic rings. The van der Waals surface area contributed by atoms with Crippen molar-refractivity contribution in [2.75, 3.05) is 19.0 Å². The first-order valence-electron chi connectivity index (χ1n) is 7.54. The Kier molecular flexibility index (Phi) is 6.13. The number of aldehydes is 1. The normalized spacial score (nSPS) is 12.3. The molecule has 2 aromatic carbocycles. The Morgan fingerprint density at radius 3 is 2.04 bits per heavy atom. The number of benzene rings is 2. The number of fused-ring (bicyclic) bond motifs is 1. The molecule has 0 spiro atoms. The van der Waals surface area contributed by atoms with E-state index in [0.717, 1.165) is 6.29 Å². The number of anilines is 1. The van der Waals surface area contributed by atoms with Gasteiger partial charge in [-0.3, -0.25) is 4.79 Å². The summed E-state index contributed by atoms with van der Waals surface area (Å²) < 4.78 is 0. The minimum Gasteiger partial charge on any atom is -0.378 e. The zero-order chi connectivity index (χ0) is 16.5. The van der Waals surface area contributed by atoms with E-state index < -0.39 is 0 Å². The van der Waals surface area contributed by atoms with Crippen LogP contribution < -0.4 is 4.90 Å². The zero-order valence-electron chi connectivity index (χ0n) is 13.5. The summed E-state index contributed by atoms with van der Waals surface area (Å²) in [5.74, 6) is 0. The molecular formula is C21H21NO. The third kappa shape index (κ3) is 5.11. The molecule has 0 amide bonds. The SMILES string of the molecule is CN(C)c1ccc2cc(/C=C/C=C/C=C/C=C/C=O)ccc2c1. The second-order valence-electron chi connectivity index (χ2n) is 5.34. The summed E-state index contributed by atoms with van der Waals surface area (Å²) >= 11 is 0. The summed E-state index contributed by atoms with van der Waals surface area (Å²) in [4.78, 5) is 12.2. The number of carbonyl (C=O) groups excluding carboxylic acids is 1. The molecule has 2 rings (SSSR count). The van der Waals surface area contributed by atoms with Crippen molar-refractivity contribution in [2.24, 2.45) is 0 Å². The molecule has 23 heavy (non-hydrogen) atoms. The molecule has 0 N–H and O–H groups in total. The minimum atomic E-state index is 0.759. The highest BCUT2D eigenvalue weighted by atomic mass is 16.1. The number of hydrogen-bond donors (Lipinski definition) is 0. The van der Waals surface area contributed by atoms with Gasteiger partial charge in [-0.1, -0.05) is 60.7 Å². The highest BCUT2D eigenvalue weighted by molar-refractivity contribution is 5.87. The van der Waals surface area contributed by atoms with Crippen molar-refractivity contribution in [1.82, 2.24) is 0 Å². The van der Waals surface area contributed by atoms with Gasteiger partial charge in [0.15, 0.2) is 0 Å². The second-order valence-corrected chi connectivity index (χ2v) is 5.34. The molecule has 0 aliphatic carbocycles. The predicted octanol–water partition coefficient (Wildman–Crippen LogP) is 4.79. The highest BCUT2D eigenvalue weighted by Gasteiger charge is 1.98. The summed E-state index contributed by atoms with van der Waals surface area (Å²) in [6.45, 7) is 0. The smallest absolute Gasteiger partial charge is 0.142 e. The van der Waals surface area contributed by atoms with Crippen LogP contribution in [0.2, 0.25) is 0 Å². The summed E-state index contributed by atoms with van der Waals surface area (Å²) in [7, 11) is 4.10. The number of nitrogens with zero attached hydrogens (tertiary/aromatic N) is 1. The Hall–Kier alpha value is -2.87. The Labute approximate surface area is 137 Å². The van der Waals surface area contributed by atoms with Gasteiger partial charge in [0.1, 0.15) is 6.29 Å². The van der Waals surface area contributed by atoms with Crippen LogP contribution in [0.5, 0.6) is 0 Å². The van der Waals surface area contributed by atoms with E-state index in [1.54, 1.807) is 6.08 Å². The van der Waals surface area contributed by atoms with Crippen LogP contribution in [0, 0.1) is 0 Å². The van der Waals surface area contributed by atoms with E-state index in [2.05, 4.69) is 47.4 Å². The Bertz CT molecular complexity index is 780. The molecule has 116 valence electrons. The molecule has 0 aliphatic heterocycles. The summed E-state index contributed by atoms with van der Waals surface area (Å²) in [6.07, 6.45) is 15.6. The van der Waals surface area contributed by atoms with Crippen molar-refractivity contribution >= 4 is 28.8 Å². The van der Waals surface area contributed by atoms with Crippen LogP contribution in [-0.4, -0.2) is 20.4 Å². The first-order chi connectivity index (χ1) is 11.2. The maximum Gasteiger partial charge on any atom is 0.142 e. The van der Waals surface area contributed by atoms with E-state index >= 15 is 0 Å². The Balaban J connectivity index is 2.06. The molecular weight excluding hydrogens is 282 g/mol. The number of hydrogen-bond acceptors (Lipinski definition) is 2. The number of rotatable bonds is 6. The summed E-state index contributed by atoms with van der Waals surface area (Å²) in [5, 5.41) is 2.48. The molecule has 0 radical (unpaired) electrons. The molecule has 0 atom stereocenters. The van der Waals surface area contributed by atoms with Gasteiger partial charge in [0.2, 0.25) is 0 Å². The van der Waals surface area contributed by atoms with Crippen LogP contribution in [0.25, 0.3) is 16.8 Å². The van der Waals surface area contributed by atoms with Crippen molar-refractivity contribution in [3.63, 3.8) is 0 Å². The van der Waals surface area contributed by atoms with Crippen molar-refractivity contribution in [3.8, 4) is 0 Å². The minimum absolute atomic E-state index is 0.759. The molecule has 2 aromatic rings. The highest BCUT2D eigenvalue weighted by Crippen LogP contribution is 2.22. The molecule has 0 fully saturated rings. The van der Waals surface area contributed by atoms with Crippen LogP contribution in [0.4, 0.5) is 5.69 Å². The van der Waals surface area contributed by atoms with Gasteiger partial charge in [-0.15, -0.1) is 0 Å². The van der Waals surface area contributed by atoms with Gasteiger partial charge in [-0.25, -0.2) is 0 Å². The maximum absolute atomic E-state index is 10.1. The maximum atomic E-state index is 10.1. The summed E-state index contributed by atoms with van der Waals surface area (Å²) in [5.41, 5.74) is 2.38. The average Bonchev–Trinajstić information content (AvgIpc) is 2.56. The fourth-order valence-corrected chi connectivity index (χ4v) is 2.17. The number of allylic oxidation sites excluding steroid dienone is 7. The van der Waals surface area contributed by atoms with Crippen LogP contribution in [0.15, 0.2) is 78.9 Å². The van der Waals surface area contributed by atoms with Gasteiger partial charge in [-0.05, 0) is 40.6 Å². The van der Waals surface area contributed by atoms with Gasteiger partial charge >= 0.3 is 0 Å².